The van der Waals surface area contributed by atoms with Crippen molar-refractivity contribution in [3.05, 3.63) is 40.8 Å². The van der Waals surface area contributed by atoms with Crippen LogP contribution in [-0.4, -0.2) is 21.3 Å². The Balaban J connectivity index is 2.40. The molecule has 0 unspecified atom stereocenters. The second-order valence-corrected chi connectivity index (χ2v) is 4.61. The maximum atomic E-state index is 8.99. The first kappa shape index (κ1) is 13.1. The van der Waals surface area contributed by atoms with Gasteiger partial charge in [-0.2, -0.15) is 0 Å². The van der Waals surface area contributed by atoms with E-state index in [-0.39, 0.29) is 6.61 Å². The van der Waals surface area contributed by atoms with Crippen molar-refractivity contribution in [1.29, 1.82) is 0 Å². The lowest BCUT2D eigenvalue weighted by Gasteiger charge is -2.01. The van der Waals surface area contributed by atoms with Crippen LogP contribution in [0.25, 0.3) is 11.3 Å². The van der Waals surface area contributed by atoms with Crippen LogP contribution in [0, 0.1) is 0 Å². The highest BCUT2D eigenvalue weighted by Crippen LogP contribution is 2.28. The van der Waals surface area contributed by atoms with Gasteiger partial charge in [0.25, 0.3) is 0 Å². The summed E-state index contributed by atoms with van der Waals surface area (Å²) in [5, 5.41) is 9.60. The molecule has 0 bridgehead atoms. The van der Waals surface area contributed by atoms with Crippen LogP contribution in [0.2, 0.25) is 5.15 Å². The van der Waals surface area contributed by atoms with Gasteiger partial charge in [-0.1, -0.05) is 42.8 Å². The first-order valence-corrected chi connectivity index (χ1v) is 6.46. The van der Waals surface area contributed by atoms with Crippen LogP contribution in [0.5, 0.6) is 0 Å². The largest absolute Gasteiger partial charge is 0.396 e. The van der Waals surface area contributed by atoms with Crippen molar-refractivity contribution in [3.8, 4) is 11.3 Å². The maximum Gasteiger partial charge on any atom is 0.136 e. The molecule has 0 saturated heterocycles. The van der Waals surface area contributed by atoms with Crippen molar-refractivity contribution in [2.24, 2.45) is 7.05 Å². The molecule has 3 nitrogen and oxygen atoms in total. The van der Waals surface area contributed by atoms with E-state index in [1.54, 1.807) is 0 Å². The van der Waals surface area contributed by atoms with Crippen LogP contribution in [-0.2, 0) is 19.9 Å². The molecule has 1 aromatic heterocycles. The molecule has 18 heavy (non-hydrogen) atoms. The zero-order valence-electron chi connectivity index (χ0n) is 10.7. The van der Waals surface area contributed by atoms with E-state index in [9.17, 15) is 0 Å². The molecule has 4 heteroatoms. The lowest BCUT2D eigenvalue weighted by Crippen LogP contribution is -2.00. The Kier molecular flexibility index (Phi) is 4.04. The SMILES string of the molecule is CCc1ccc(-c2nc(CCO)n(C)c2Cl)cc1. The fourth-order valence-corrected chi connectivity index (χ4v) is 2.18. The molecule has 2 aromatic rings. The molecule has 0 radical (unpaired) electrons. The molecule has 0 aliphatic heterocycles. The summed E-state index contributed by atoms with van der Waals surface area (Å²) in [6.07, 6.45) is 1.54. The normalized spacial score (nSPS) is 10.9. The van der Waals surface area contributed by atoms with Gasteiger partial charge in [-0.05, 0) is 12.0 Å². The summed E-state index contributed by atoms with van der Waals surface area (Å²) >= 11 is 6.28. The van der Waals surface area contributed by atoms with Crippen LogP contribution in [0.1, 0.15) is 18.3 Å². The summed E-state index contributed by atoms with van der Waals surface area (Å²) in [6.45, 7) is 2.21. The molecule has 0 amide bonds. The number of hydrogen-bond acceptors (Lipinski definition) is 2. The van der Waals surface area contributed by atoms with Gasteiger partial charge in [0.1, 0.15) is 16.7 Å². The van der Waals surface area contributed by atoms with Gasteiger partial charge in [-0.25, -0.2) is 4.98 Å². The number of nitrogens with zero attached hydrogens (tertiary/aromatic N) is 2. The van der Waals surface area contributed by atoms with Gasteiger partial charge in [-0.15, -0.1) is 0 Å². The molecule has 0 aliphatic rings. The van der Waals surface area contributed by atoms with Gasteiger partial charge in [-0.3, -0.25) is 0 Å². The Labute approximate surface area is 112 Å². The molecular formula is C14H17ClN2O. The van der Waals surface area contributed by atoms with E-state index >= 15 is 0 Å². The van der Waals surface area contributed by atoms with E-state index in [0.717, 1.165) is 23.5 Å². The Morgan fingerprint density at radius 3 is 2.50 bits per heavy atom. The van der Waals surface area contributed by atoms with Gasteiger partial charge >= 0.3 is 0 Å². The third-order valence-electron chi connectivity index (χ3n) is 3.09. The number of aromatic nitrogens is 2. The first-order chi connectivity index (χ1) is 8.67. The molecular weight excluding hydrogens is 248 g/mol. The summed E-state index contributed by atoms with van der Waals surface area (Å²) in [7, 11) is 1.87. The van der Waals surface area contributed by atoms with Gasteiger partial charge in [0.2, 0.25) is 0 Å². The second kappa shape index (κ2) is 5.55. The molecule has 0 aliphatic carbocycles. The number of aliphatic hydroxyl groups excluding tert-OH is 1. The van der Waals surface area contributed by atoms with Crippen LogP contribution >= 0.6 is 11.6 Å². The quantitative estimate of drug-likeness (QED) is 0.922. The number of aliphatic hydroxyl groups is 1. The number of rotatable bonds is 4. The Bertz CT molecular complexity index is 531. The highest BCUT2D eigenvalue weighted by Gasteiger charge is 2.13. The number of aryl methyl sites for hydroxylation is 1. The molecule has 96 valence electrons. The molecule has 1 aromatic carbocycles. The topological polar surface area (TPSA) is 38.1 Å². The first-order valence-electron chi connectivity index (χ1n) is 6.08. The van der Waals surface area contributed by atoms with E-state index in [4.69, 9.17) is 16.7 Å². The third kappa shape index (κ3) is 2.42. The van der Waals surface area contributed by atoms with E-state index in [1.165, 1.54) is 5.56 Å². The molecule has 1 heterocycles. The summed E-state index contributed by atoms with van der Waals surface area (Å²) in [6, 6.07) is 8.25. The van der Waals surface area contributed by atoms with Crippen LogP contribution < -0.4 is 0 Å². The molecule has 1 N–H and O–H groups in total. The Morgan fingerprint density at radius 2 is 1.94 bits per heavy atom. The molecule has 0 fully saturated rings. The smallest absolute Gasteiger partial charge is 0.136 e. The highest BCUT2D eigenvalue weighted by molar-refractivity contribution is 6.32. The molecule has 2 rings (SSSR count). The number of benzene rings is 1. The van der Waals surface area contributed by atoms with Gasteiger partial charge in [0.15, 0.2) is 0 Å². The number of imidazole rings is 1. The highest BCUT2D eigenvalue weighted by atomic mass is 35.5. The average Bonchev–Trinajstić information content (AvgIpc) is 2.68. The van der Waals surface area contributed by atoms with Gasteiger partial charge in [0, 0.05) is 19.0 Å². The zero-order valence-corrected chi connectivity index (χ0v) is 11.4. The fraction of sp³-hybridized carbons (Fsp3) is 0.357. The monoisotopic (exact) mass is 264 g/mol. The van der Waals surface area contributed by atoms with E-state index in [2.05, 4.69) is 24.0 Å². The Hall–Kier alpha value is -1.32. The van der Waals surface area contributed by atoms with E-state index in [1.807, 2.05) is 23.7 Å². The van der Waals surface area contributed by atoms with Crippen molar-refractivity contribution in [2.45, 2.75) is 19.8 Å². The fourth-order valence-electron chi connectivity index (χ4n) is 1.93. The minimum Gasteiger partial charge on any atom is -0.396 e. The predicted molar refractivity (Wildman–Crippen MR) is 73.8 cm³/mol. The molecule has 0 atom stereocenters. The predicted octanol–water partition coefficient (Wildman–Crippen LogP) is 2.84. The lowest BCUT2D eigenvalue weighted by molar-refractivity contribution is 0.295. The van der Waals surface area contributed by atoms with Crippen LogP contribution in [0.15, 0.2) is 24.3 Å². The summed E-state index contributed by atoms with van der Waals surface area (Å²) < 4.78 is 1.82. The van der Waals surface area contributed by atoms with Crippen molar-refractivity contribution in [1.82, 2.24) is 9.55 Å². The van der Waals surface area contributed by atoms with Crippen molar-refractivity contribution in [2.75, 3.05) is 6.61 Å². The van der Waals surface area contributed by atoms with Crippen molar-refractivity contribution >= 4 is 11.6 Å². The standard InChI is InChI=1S/C14H17ClN2O/c1-3-10-4-6-11(7-5-10)13-14(15)17(2)12(16-13)8-9-18/h4-7,18H,3,8-9H2,1-2H3. The number of hydrogen-bond donors (Lipinski definition) is 1. The maximum absolute atomic E-state index is 8.99. The summed E-state index contributed by atoms with van der Waals surface area (Å²) in [5.74, 6) is 0.803. The van der Waals surface area contributed by atoms with Gasteiger partial charge < -0.3 is 9.67 Å². The molecule has 0 saturated carbocycles. The summed E-state index contributed by atoms with van der Waals surface area (Å²) in [4.78, 5) is 4.50. The second-order valence-electron chi connectivity index (χ2n) is 4.25. The minimum absolute atomic E-state index is 0.0788. The molecule has 0 spiro atoms. The average molecular weight is 265 g/mol. The summed E-state index contributed by atoms with van der Waals surface area (Å²) in [5.41, 5.74) is 3.09. The van der Waals surface area contributed by atoms with Crippen molar-refractivity contribution < 1.29 is 5.11 Å². The minimum atomic E-state index is 0.0788. The van der Waals surface area contributed by atoms with E-state index < -0.39 is 0 Å². The van der Waals surface area contributed by atoms with Crippen LogP contribution in [0.4, 0.5) is 0 Å². The van der Waals surface area contributed by atoms with Crippen molar-refractivity contribution in [3.63, 3.8) is 0 Å². The lowest BCUT2D eigenvalue weighted by atomic mass is 10.1. The Morgan fingerprint density at radius 1 is 1.28 bits per heavy atom. The third-order valence-corrected chi connectivity index (χ3v) is 3.52. The van der Waals surface area contributed by atoms with Gasteiger partial charge in [0.05, 0.1) is 6.61 Å². The van der Waals surface area contributed by atoms with E-state index in [0.29, 0.717) is 11.6 Å². The van der Waals surface area contributed by atoms with Crippen LogP contribution in [0.3, 0.4) is 0 Å². The number of halogens is 1. The zero-order chi connectivity index (χ0) is 13.1.